The molecule has 1 aromatic rings. The molecule has 0 aromatic heterocycles. The molecule has 2 unspecified atom stereocenters. The van der Waals surface area contributed by atoms with Gasteiger partial charge in [-0.25, -0.2) is 0 Å². The van der Waals surface area contributed by atoms with Crippen molar-refractivity contribution in [1.29, 1.82) is 0 Å². The lowest BCUT2D eigenvalue weighted by Gasteiger charge is -2.20. The number of nitrogens with one attached hydrogen (secondary N) is 1. The quantitative estimate of drug-likeness (QED) is 0.735. The molecule has 6 heteroatoms. The first kappa shape index (κ1) is 14.0. The maximum absolute atomic E-state index is 12.1. The summed E-state index contributed by atoms with van der Waals surface area (Å²) in [6.07, 6.45) is -7.08. The summed E-state index contributed by atoms with van der Waals surface area (Å²) in [6.45, 7) is -0.988. The highest BCUT2D eigenvalue weighted by Crippen LogP contribution is 2.20. The first-order valence-corrected chi connectivity index (χ1v) is 5.09. The molecule has 0 heterocycles. The third-order valence-electron chi connectivity index (χ3n) is 2.32. The van der Waals surface area contributed by atoms with E-state index in [1.807, 2.05) is 0 Å². The second-order valence-corrected chi connectivity index (χ2v) is 3.61. The topological polar surface area (TPSA) is 52.5 Å². The third-order valence-corrected chi connectivity index (χ3v) is 2.32. The van der Waals surface area contributed by atoms with Gasteiger partial charge in [0.25, 0.3) is 0 Å². The number of aliphatic hydroxyl groups is 2. The van der Waals surface area contributed by atoms with E-state index < -0.39 is 24.9 Å². The second kappa shape index (κ2) is 6.00. The van der Waals surface area contributed by atoms with E-state index in [-0.39, 0.29) is 6.61 Å². The minimum Gasteiger partial charge on any atom is -0.394 e. The van der Waals surface area contributed by atoms with Crippen LogP contribution in [0.3, 0.4) is 0 Å². The molecule has 2 atom stereocenters. The van der Waals surface area contributed by atoms with Crippen molar-refractivity contribution < 1.29 is 23.4 Å². The molecule has 1 rings (SSSR count). The monoisotopic (exact) mass is 249 g/mol. The number of rotatable bonds is 5. The zero-order valence-electron chi connectivity index (χ0n) is 8.98. The van der Waals surface area contributed by atoms with Gasteiger partial charge in [0.05, 0.1) is 12.6 Å². The van der Waals surface area contributed by atoms with Gasteiger partial charge >= 0.3 is 6.18 Å². The van der Waals surface area contributed by atoms with Crippen molar-refractivity contribution >= 4 is 0 Å². The lowest BCUT2D eigenvalue weighted by Crippen LogP contribution is -2.40. The molecule has 0 aliphatic heterocycles. The predicted molar refractivity (Wildman–Crippen MR) is 56.3 cm³/mol. The van der Waals surface area contributed by atoms with E-state index in [0.29, 0.717) is 5.56 Å². The molecule has 3 N–H and O–H groups in total. The van der Waals surface area contributed by atoms with Crippen molar-refractivity contribution in [3.05, 3.63) is 35.9 Å². The molecule has 96 valence electrons. The summed E-state index contributed by atoms with van der Waals surface area (Å²) in [5.41, 5.74) is 0.671. The Bertz CT molecular complexity index is 329. The van der Waals surface area contributed by atoms with E-state index in [0.717, 1.165) is 0 Å². The van der Waals surface area contributed by atoms with Crippen LogP contribution in [0.4, 0.5) is 13.2 Å². The Morgan fingerprint density at radius 3 is 2.24 bits per heavy atom. The van der Waals surface area contributed by atoms with Crippen molar-refractivity contribution in [2.45, 2.75) is 18.3 Å². The molecular formula is C11H14F3NO2. The van der Waals surface area contributed by atoms with Crippen molar-refractivity contribution in [2.24, 2.45) is 0 Å². The maximum atomic E-state index is 12.1. The van der Waals surface area contributed by atoms with Crippen molar-refractivity contribution in [1.82, 2.24) is 5.32 Å². The fraction of sp³-hybridized carbons (Fsp3) is 0.455. The highest BCUT2D eigenvalue weighted by atomic mass is 19.4. The molecule has 0 radical (unpaired) electrons. The normalized spacial score (nSPS) is 15.6. The standard InChI is InChI=1S/C11H14F3NO2/c12-11(13,14)10(17)6-15-9(7-16)8-4-2-1-3-5-8/h1-5,9-10,15-17H,6-7H2. The molecule has 0 aliphatic carbocycles. The molecule has 0 spiro atoms. The Balaban J connectivity index is 2.55. The van der Waals surface area contributed by atoms with Gasteiger partial charge in [0.15, 0.2) is 6.10 Å². The first-order chi connectivity index (χ1) is 7.95. The average Bonchev–Trinajstić information content (AvgIpc) is 2.29. The van der Waals surface area contributed by atoms with Crippen LogP contribution in [-0.2, 0) is 0 Å². The smallest absolute Gasteiger partial charge is 0.394 e. The van der Waals surface area contributed by atoms with Gasteiger partial charge in [-0.1, -0.05) is 30.3 Å². The van der Waals surface area contributed by atoms with Gasteiger partial charge < -0.3 is 15.5 Å². The van der Waals surface area contributed by atoms with Crippen LogP contribution in [0.5, 0.6) is 0 Å². The minimum atomic E-state index is -4.65. The molecule has 17 heavy (non-hydrogen) atoms. The third kappa shape index (κ3) is 4.33. The largest absolute Gasteiger partial charge is 0.415 e. The Morgan fingerprint density at radius 1 is 1.18 bits per heavy atom. The highest BCUT2D eigenvalue weighted by molar-refractivity contribution is 5.18. The van der Waals surface area contributed by atoms with Gasteiger partial charge in [-0.05, 0) is 5.56 Å². The number of hydrogen-bond donors (Lipinski definition) is 3. The lowest BCUT2D eigenvalue weighted by atomic mass is 10.1. The summed E-state index contributed by atoms with van der Waals surface area (Å²) >= 11 is 0. The number of halogens is 3. The average molecular weight is 249 g/mol. The Kier molecular flexibility index (Phi) is 4.92. The Hall–Kier alpha value is -1.11. The highest BCUT2D eigenvalue weighted by Gasteiger charge is 2.38. The van der Waals surface area contributed by atoms with Crippen molar-refractivity contribution in [3.63, 3.8) is 0 Å². The molecule has 0 fully saturated rings. The zero-order valence-corrected chi connectivity index (χ0v) is 8.98. The van der Waals surface area contributed by atoms with E-state index in [2.05, 4.69) is 5.32 Å². The summed E-state index contributed by atoms with van der Waals surface area (Å²) < 4.78 is 36.2. The minimum absolute atomic E-state index is 0.339. The van der Waals surface area contributed by atoms with Crippen LogP contribution in [0.1, 0.15) is 11.6 Å². The SMILES string of the molecule is OCC(NCC(O)C(F)(F)F)c1ccccc1. The van der Waals surface area contributed by atoms with Gasteiger partial charge in [0.1, 0.15) is 0 Å². The van der Waals surface area contributed by atoms with E-state index in [9.17, 15) is 13.2 Å². The van der Waals surface area contributed by atoms with Crippen LogP contribution in [0.25, 0.3) is 0 Å². The van der Waals surface area contributed by atoms with Gasteiger partial charge in [-0.3, -0.25) is 0 Å². The van der Waals surface area contributed by atoms with Crippen molar-refractivity contribution in [2.75, 3.05) is 13.2 Å². The van der Waals surface area contributed by atoms with Crippen LogP contribution in [0, 0.1) is 0 Å². The van der Waals surface area contributed by atoms with Gasteiger partial charge in [0, 0.05) is 6.54 Å². The summed E-state index contributed by atoms with van der Waals surface area (Å²) in [6, 6.07) is 7.97. The van der Waals surface area contributed by atoms with E-state index in [4.69, 9.17) is 10.2 Å². The van der Waals surface area contributed by atoms with Gasteiger partial charge in [0.2, 0.25) is 0 Å². The number of benzene rings is 1. The van der Waals surface area contributed by atoms with Crippen molar-refractivity contribution in [3.8, 4) is 0 Å². The summed E-state index contributed by atoms with van der Waals surface area (Å²) in [4.78, 5) is 0. The molecule has 1 aromatic carbocycles. The summed E-state index contributed by atoms with van der Waals surface area (Å²) in [5, 5.41) is 20.3. The number of alkyl halides is 3. The second-order valence-electron chi connectivity index (χ2n) is 3.61. The summed E-state index contributed by atoms with van der Waals surface area (Å²) in [7, 11) is 0. The van der Waals surface area contributed by atoms with E-state index in [1.54, 1.807) is 30.3 Å². The molecule has 0 amide bonds. The molecule has 0 aliphatic rings. The fourth-order valence-electron chi connectivity index (χ4n) is 1.34. The van der Waals surface area contributed by atoms with E-state index in [1.165, 1.54) is 0 Å². The summed E-state index contributed by atoms with van der Waals surface area (Å²) in [5.74, 6) is 0. The number of hydrogen-bond acceptors (Lipinski definition) is 3. The molecule has 0 saturated carbocycles. The Labute approximate surface area is 96.9 Å². The molecule has 3 nitrogen and oxygen atoms in total. The zero-order chi connectivity index (χ0) is 12.9. The molecule has 0 saturated heterocycles. The van der Waals surface area contributed by atoms with E-state index >= 15 is 0 Å². The first-order valence-electron chi connectivity index (χ1n) is 5.09. The molecule has 0 bridgehead atoms. The maximum Gasteiger partial charge on any atom is 0.415 e. The van der Waals surface area contributed by atoms with Crippen LogP contribution in [0.2, 0.25) is 0 Å². The fourth-order valence-corrected chi connectivity index (χ4v) is 1.34. The Morgan fingerprint density at radius 2 is 1.76 bits per heavy atom. The predicted octanol–water partition coefficient (Wildman–Crippen LogP) is 1.23. The van der Waals surface area contributed by atoms with Crippen LogP contribution in [0.15, 0.2) is 30.3 Å². The van der Waals surface area contributed by atoms with Crippen LogP contribution < -0.4 is 5.32 Å². The van der Waals surface area contributed by atoms with Gasteiger partial charge in [-0.15, -0.1) is 0 Å². The van der Waals surface area contributed by atoms with Crippen LogP contribution >= 0.6 is 0 Å². The lowest BCUT2D eigenvalue weighted by molar-refractivity contribution is -0.202. The van der Waals surface area contributed by atoms with Crippen LogP contribution in [-0.4, -0.2) is 35.6 Å². The molecular weight excluding hydrogens is 235 g/mol. The van der Waals surface area contributed by atoms with Gasteiger partial charge in [-0.2, -0.15) is 13.2 Å². The number of aliphatic hydroxyl groups excluding tert-OH is 2.